The molecule has 2 atom stereocenters. The summed E-state index contributed by atoms with van der Waals surface area (Å²) in [5.74, 6) is -0.391. The first-order valence-corrected chi connectivity index (χ1v) is 4.37. The number of ether oxygens (including phenoxy) is 2. The topological polar surface area (TPSA) is 44.5 Å². The van der Waals surface area contributed by atoms with Crippen LogP contribution < -0.4 is 5.73 Å². The summed E-state index contributed by atoms with van der Waals surface area (Å²) in [7, 11) is 0. The van der Waals surface area contributed by atoms with Gasteiger partial charge in [-0.15, -0.1) is 0 Å². The molecule has 11 heavy (non-hydrogen) atoms. The second kappa shape index (κ2) is 2.73. The van der Waals surface area contributed by atoms with Crippen LogP contribution in [0.1, 0.15) is 25.7 Å². The van der Waals surface area contributed by atoms with Crippen LogP contribution in [0.15, 0.2) is 0 Å². The van der Waals surface area contributed by atoms with E-state index in [0.717, 1.165) is 32.5 Å². The van der Waals surface area contributed by atoms with E-state index in [2.05, 4.69) is 0 Å². The standard InChI is InChI=1S/C8H15NO2/c9-7-3-6-11-8(7)4-1-2-5-10-8/h7H,1-6,9H2. The van der Waals surface area contributed by atoms with Crippen LogP contribution in [0.4, 0.5) is 0 Å². The number of rotatable bonds is 0. The van der Waals surface area contributed by atoms with Crippen LogP contribution in [0.3, 0.4) is 0 Å². The Morgan fingerprint density at radius 2 is 2.00 bits per heavy atom. The Morgan fingerprint density at radius 3 is 2.55 bits per heavy atom. The lowest BCUT2D eigenvalue weighted by atomic mass is 9.99. The van der Waals surface area contributed by atoms with Crippen molar-refractivity contribution in [2.24, 2.45) is 5.73 Å². The lowest BCUT2D eigenvalue weighted by Crippen LogP contribution is -2.49. The van der Waals surface area contributed by atoms with Crippen LogP contribution >= 0.6 is 0 Å². The van der Waals surface area contributed by atoms with E-state index in [9.17, 15) is 0 Å². The molecule has 0 radical (unpaired) electrons. The fourth-order valence-corrected chi connectivity index (χ4v) is 1.88. The monoisotopic (exact) mass is 157 g/mol. The van der Waals surface area contributed by atoms with Crippen molar-refractivity contribution in [2.45, 2.75) is 37.5 Å². The predicted molar refractivity (Wildman–Crippen MR) is 41.1 cm³/mol. The molecular weight excluding hydrogens is 142 g/mol. The Balaban J connectivity index is 2.06. The van der Waals surface area contributed by atoms with Gasteiger partial charge in [0.25, 0.3) is 0 Å². The van der Waals surface area contributed by atoms with Crippen molar-refractivity contribution in [3.63, 3.8) is 0 Å². The molecule has 1 spiro atoms. The minimum Gasteiger partial charge on any atom is -0.348 e. The molecule has 3 nitrogen and oxygen atoms in total. The first-order valence-electron chi connectivity index (χ1n) is 4.37. The molecule has 2 fully saturated rings. The van der Waals surface area contributed by atoms with Crippen molar-refractivity contribution in [2.75, 3.05) is 13.2 Å². The Kier molecular flexibility index (Phi) is 1.87. The van der Waals surface area contributed by atoms with Crippen LogP contribution in [0.2, 0.25) is 0 Å². The fourth-order valence-electron chi connectivity index (χ4n) is 1.88. The molecule has 2 unspecified atom stereocenters. The normalized spacial score (nSPS) is 45.0. The first kappa shape index (κ1) is 7.53. The van der Waals surface area contributed by atoms with Crippen molar-refractivity contribution < 1.29 is 9.47 Å². The molecule has 0 saturated carbocycles. The summed E-state index contributed by atoms with van der Waals surface area (Å²) in [6.07, 6.45) is 4.26. The first-order chi connectivity index (χ1) is 5.33. The molecule has 2 rings (SSSR count). The Hall–Kier alpha value is -0.120. The van der Waals surface area contributed by atoms with E-state index in [4.69, 9.17) is 15.2 Å². The Labute approximate surface area is 66.8 Å². The zero-order valence-corrected chi connectivity index (χ0v) is 6.71. The molecule has 3 heteroatoms. The fraction of sp³-hybridized carbons (Fsp3) is 1.00. The number of hydrogen-bond acceptors (Lipinski definition) is 3. The molecule has 2 aliphatic heterocycles. The maximum atomic E-state index is 5.89. The van der Waals surface area contributed by atoms with Crippen molar-refractivity contribution >= 4 is 0 Å². The smallest absolute Gasteiger partial charge is 0.183 e. The molecule has 0 aromatic rings. The maximum absolute atomic E-state index is 5.89. The zero-order chi connectivity index (χ0) is 7.73. The molecule has 2 saturated heterocycles. The van der Waals surface area contributed by atoms with E-state index in [-0.39, 0.29) is 6.04 Å². The van der Waals surface area contributed by atoms with Crippen LogP contribution in [-0.4, -0.2) is 25.0 Å². The van der Waals surface area contributed by atoms with Crippen LogP contribution in [0.5, 0.6) is 0 Å². The van der Waals surface area contributed by atoms with E-state index in [1.165, 1.54) is 6.42 Å². The van der Waals surface area contributed by atoms with Gasteiger partial charge in [-0.2, -0.15) is 0 Å². The van der Waals surface area contributed by atoms with Gasteiger partial charge >= 0.3 is 0 Å². The minimum absolute atomic E-state index is 0.0998. The van der Waals surface area contributed by atoms with Gasteiger partial charge in [0.1, 0.15) is 0 Å². The third-order valence-electron chi connectivity index (χ3n) is 2.61. The molecular formula is C8H15NO2. The molecule has 0 aromatic carbocycles. The average Bonchev–Trinajstić information content (AvgIpc) is 2.36. The van der Waals surface area contributed by atoms with Crippen molar-refractivity contribution in [1.29, 1.82) is 0 Å². The minimum atomic E-state index is -0.391. The highest BCUT2D eigenvalue weighted by Gasteiger charge is 2.44. The summed E-state index contributed by atoms with van der Waals surface area (Å²) in [6, 6.07) is 0.0998. The highest BCUT2D eigenvalue weighted by Crippen LogP contribution is 2.34. The Bertz CT molecular complexity index is 143. The molecule has 0 bridgehead atoms. The van der Waals surface area contributed by atoms with Crippen molar-refractivity contribution in [3.8, 4) is 0 Å². The van der Waals surface area contributed by atoms with Crippen LogP contribution in [0, 0.1) is 0 Å². The summed E-state index contributed by atoms with van der Waals surface area (Å²) >= 11 is 0. The van der Waals surface area contributed by atoms with E-state index >= 15 is 0 Å². The van der Waals surface area contributed by atoms with Gasteiger partial charge in [0.15, 0.2) is 5.79 Å². The van der Waals surface area contributed by atoms with E-state index in [1.807, 2.05) is 0 Å². The third-order valence-corrected chi connectivity index (χ3v) is 2.61. The van der Waals surface area contributed by atoms with Gasteiger partial charge in [0, 0.05) is 6.42 Å². The largest absolute Gasteiger partial charge is 0.348 e. The van der Waals surface area contributed by atoms with Gasteiger partial charge in [0.05, 0.1) is 19.3 Å². The quantitative estimate of drug-likeness (QED) is 0.561. The molecule has 64 valence electrons. The number of nitrogens with two attached hydrogens (primary N) is 1. The van der Waals surface area contributed by atoms with E-state index in [0.29, 0.717) is 0 Å². The summed E-state index contributed by atoms with van der Waals surface area (Å²) in [5, 5.41) is 0. The molecule has 0 amide bonds. The highest BCUT2D eigenvalue weighted by atomic mass is 16.7. The molecule has 0 aliphatic carbocycles. The van der Waals surface area contributed by atoms with Crippen LogP contribution in [0.25, 0.3) is 0 Å². The highest BCUT2D eigenvalue weighted by molar-refractivity contribution is 4.89. The van der Waals surface area contributed by atoms with Gasteiger partial charge in [-0.1, -0.05) is 0 Å². The lowest BCUT2D eigenvalue weighted by molar-refractivity contribution is -0.235. The Morgan fingerprint density at radius 1 is 1.18 bits per heavy atom. The maximum Gasteiger partial charge on any atom is 0.183 e. The second-order valence-corrected chi connectivity index (χ2v) is 3.36. The van der Waals surface area contributed by atoms with Crippen molar-refractivity contribution in [1.82, 2.24) is 0 Å². The van der Waals surface area contributed by atoms with Gasteiger partial charge in [-0.05, 0) is 19.3 Å². The SMILES string of the molecule is NC1CCOC12CCCCO2. The summed E-state index contributed by atoms with van der Waals surface area (Å²) in [4.78, 5) is 0. The van der Waals surface area contributed by atoms with Gasteiger partial charge in [-0.25, -0.2) is 0 Å². The summed E-state index contributed by atoms with van der Waals surface area (Å²) in [6.45, 7) is 1.58. The molecule has 2 heterocycles. The van der Waals surface area contributed by atoms with E-state index < -0.39 is 5.79 Å². The van der Waals surface area contributed by atoms with Gasteiger partial charge in [0.2, 0.25) is 0 Å². The van der Waals surface area contributed by atoms with Gasteiger partial charge < -0.3 is 15.2 Å². The second-order valence-electron chi connectivity index (χ2n) is 3.36. The third kappa shape index (κ3) is 1.17. The van der Waals surface area contributed by atoms with Crippen LogP contribution in [-0.2, 0) is 9.47 Å². The molecule has 2 aliphatic rings. The predicted octanol–water partition coefficient (Wildman–Crippen LogP) is 0.631. The average molecular weight is 157 g/mol. The lowest BCUT2D eigenvalue weighted by Gasteiger charge is -2.35. The van der Waals surface area contributed by atoms with Gasteiger partial charge in [-0.3, -0.25) is 0 Å². The van der Waals surface area contributed by atoms with Crippen molar-refractivity contribution in [3.05, 3.63) is 0 Å². The summed E-state index contributed by atoms with van der Waals surface area (Å²) in [5.41, 5.74) is 5.89. The zero-order valence-electron chi connectivity index (χ0n) is 6.71. The molecule has 2 N–H and O–H groups in total. The summed E-state index contributed by atoms with van der Waals surface area (Å²) < 4.78 is 11.1. The molecule has 0 aromatic heterocycles. The van der Waals surface area contributed by atoms with E-state index in [1.54, 1.807) is 0 Å². The number of hydrogen-bond donors (Lipinski definition) is 1.